The number of aryl methyl sites for hydroxylation is 2. The van der Waals surface area contributed by atoms with Crippen molar-refractivity contribution in [3.63, 3.8) is 0 Å². The van der Waals surface area contributed by atoms with Gasteiger partial charge in [-0.15, -0.1) is 11.8 Å². The Morgan fingerprint density at radius 2 is 1.67 bits per heavy atom. The minimum Gasteiger partial charge on any atom is -0.269 e. The van der Waals surface area contributed by atoms with Crippen LogP contribution in [0.5, 0.6) is 0 Å². The molecule has 0 atom stereocenters. The summed E-state index contributed by atoms with van der Waals surface area (Å²) in [4.78, 5) is 32.7. The number of carbonyl (C=O) groups is 2. The van der Waals surface area contributed by atoms with Gasteiger partial charge in [-0.2, -0.15) is 0 Å². The number of thioether (sulfide) groups is 1. The molecule has 2 amide bonds. The number of hydrogen-bond donors (Lipinski definition) is 0. The van der Waals surface area contributed by atoms with Crippen LogP contribution in [0.3, 0.4) is 0 Å². The Labute approximate surface area is 180 Å². The van der Waals surface area contributed by atoms with Crippen LogP contribution < -0.4 is 0 Å². The molecule has 0 spiro atoms. The average molecular weight is 415 g/mol. The lowest BCUT2D eigenvalue weighted by molar-refractivity contribution is -0.137. The third-order valence-electron chi connectivity index (χ3n) is 5.07. The Bertz CT molecular complexity index is 1120. The van der Waals surface area contributed by atoms with E-state index in [1.807, 2.05) is 74.5 Å². The van der Waals surface area contributed by atoms with Crippen molar-refractivity contribution in [2.75, 3.05) is 0 Å². The summed E-state index contributed by atoms with van der Waals surface area (Å²) in [5.41, 5.74) is 5.38. The van der Waals surface area contributed by atoms with Crippen LogP contribution in [0.15, 0.2) is 78.0 Å². The van der Waals surface area contributed by atoms with Gasteiger partial charge in [-0.25, -0.2) is 0 Å². The molecule has 0 bridgehead atoms. The van der Waals surface area contributed by atoms with Gasteiger partial charge in [0.05, 0.1) is 17.0 Å². The van der Waals surface area contributed by atoms with Crippen LogP contribution in [-0.4, -0.2) is 21.7 Å². The van der Waals surface area contributed by atoms with Crippen LogP contribution in [0.1, 0.15) is 27.8 Å². The normalized spacial score (nSPS) is 14.0. The maximum Gasteiger partial charge on any atom is 0.268 e. The molecule has 2 heterocycles. The van der Waals surface area contributed by atoms with Crippen LogP contribution in [0.25, 0.3) is 5.57 Å². The molecule has 2 aromatic carbocycles. The molecular weight excluding hydrogens is 392 g/mol. The Balaban J connectivity index is 1.71. The Morgan fingerprint density at radius 3 is 2.37 bits per heavy atom. The van der Waals surface area contributed by atoms with Gasteiger partial charge in [0.2, 0.25) is 0 Å². The summed E-state index contributed by atoms with van der Waals surface area (Å²) in [6.45, 7) is 4.22. The van der Waals surface area contributed by atoms with Gasteiger partial charge in [0, 0.05) is 18.1 Å². The van der Waals surface area contributed by atoms with Crippen molar-refractivity contribution in [3.05, 3.63) is 106 Å². The SMILES string of the molecule is Cc1ccc(C2=C(SCc3ccccc3)C(=O)N(Cc3cccnc3)C2=O)c(C)c1. The maximum absolute atomic E-state index is 13.4. The van der Waals surface area contributed by atoms with E-state index >= 15 is 0 Å². The summed E-state index contributed by atoms with van der Waals surface area (Å²) in [5, 5.41) is 0. The molecule has 3 aromatic rings. The number of nitrogens with zero attached hydrogens (tertiary/aromatic N) is 2. The number of aromatic nitrogens is 1. The molecule has 1 aliphatic heterocycles. The first-order valence-electron chi connectivity index (χ1n) is 9.78. The van der Waals surface area contributed by atoms with E-state index < -0.39 is 0 Å². The van der Waals surface area contributed by atoms with E-state index in [1.165, 1.54) is 16.7 Å². The Morgan fingerprint density at radius 1 is 0.900 bits per heavy atom. The lowest BCUT2D eigenvalue weighted by atomic mass is 9.99. The molecule has 0 N–H and O–H groups in total. The van der Waals surface area contributed by atoms with Crippen LogP contribution in [-0.2, 0) is 21.9 Å². The first kappa shape index (κ1) is 20.1. The molecule has 0 saturated heterocycles. The Kier molecular flexibility index (Phi) is 5.81. The molecular formula is C25H22N2O2S. The van der Waals surface area contributed by atoms with Gasteiger partial charge in [0.25, 0.3) is 11.8 Å². The number of pyridine rings is 1. The standard InChI is InChI=1S/C25H22N2O2S/c1-17-10-11-21(18(2)13-17)22-23(30-16-19-7-4-3-5-8-19)25(29)27(24(22)28)15-20-9-6-12-26-14-20/h3-14H,15-16H2,1-2H3. The van der Waals surface area contributed by atoms with E-state index in [4.69, 9.17) is 0 Å². The number of rotatable bonds is 6. The molecule has 0 saturated carbocycles. The van der Waals surface area contributed by atoms with Crippen LogP contribution in [0, 0.1) is 13.8 Å². The topological polar surface area (TPSA) is 50.3 Å². The van der Waals surface area contributed by atoms with E-state index in [9.17, 15) is 9.59 Å². The highest BCUT2D eigenvalue weighted by Gasteiger charge is 2.39. The quantitative estimate of drug-likeness (QED) is 0.538. The molecule has 4 nitrogen and oxygen atoms in total. The highest BCUT2D eigenvalue weighted by molar-refractivity contribution is 8.03. The van der Waals surface area contributed by atoms with Crippen molar-refractivity contribution in [2.45, 2.75) is 26.1 Å². The summed E-state index contributed by atoms with van der Waals surface area (Å²) < 4.78 is 0. The zero-order valence-electron chi connectivity index (χ0n) is 17.0. The summed E-state index contributed by atoms with van der Waals surface area (Å²) in [6, 6.07) is 19.6. The zero-order valence-corrected chi connectivity index (χ0v) is 17.8. The van der Waals surface area contributed by atoms with E-state index in [0.717, 1.165) is 27.8 Å². The highest BCUT2D eigenvalue weighted by Crippen LogP contribution is 2.39. The highest BCUT2D eigenvalue weighted by atomic mass is 32.2. The largest absolute Gasteiger partial charge is 0.269 e. The predicted octanol–water partition coefficient (Wildman–Crippen LogP) is 4.91. The van der Waals surface area contributed by atoms with Crippen LogP contribution >= 0.6 is 11.8 Å². The summed E-state index contributed by atoms with van der Waals surface area (Å²) in [5.74, 6) is 0.149. The molecule has 0 fully saturated rings. The van der Waals surface area contributed by atoms with Crippen molar-refractivity contribution in [1.29, 1.82) is 0 Å². The molecule has 30 heavy (non-hydrogen) atoms. The molecule has 0 aliphatic carbocycles. The molecule has 150 valence electrons. The van der Waals surface area contributed by atoms with Crippen molar-refractivity contribution in [1.82, 2.24) is 9.88 Å². The zero-order chi connectivity index (χ0) is 21.1. The number of amides is 2. The van der Waals surface area contributed by atoms with E-state index in [0.29, 0.717) is 16.2 Å². The van der Waals surface area contributed by atoms with Gasteiger partial charge in [0.1, 0.15) is 0 Å². The average Bonchev–Trinajstić information content (AvgIpc) is 2.98. The number of imide groups is 1. The molecule has 5 heteroatoms. The fraction of sp³-hybridized carbons (Fsp3) is 0.160. The number of hydrogen-bond acceptors (Lipinski definition) is 4. The Hall–Kier alpha value is -3.18. The van der Waals surface area contributed by atoms with Gasteiger partial charge < -0.3 is 0 Å². The first-order chi connectivity index (χ1) is 14.5. The molecule has 4 rings (SSSR count). The smallest absolute Gasteiger partial charge is 0.268 e. The number of carbonyl (C=O) groups excluding carboxylic acids is 2. The first-order valence-corrected chi connectivity index (χ1v) is 10.8. The van der Waals surface area contributed by atoms with Gasteiger partial charge in [-0.05, 0) is 42.2 Å². The van der Waals surface area contributed by atoms with Gasteiger partial charge >= 0.3 is 0 Å². The van der Waals surface area contributed by atoms with Crippen molar-refractivity contribution < 1.29 is 9.59 Å². The molecule has 1 aromatic heterocycles. The van der Waals surface area contributed by atoms with Crippen molar-refractivity contribution in [3.8, 4) is 0 Å². The van der Waals surface area contributed by atoms with Gasteiger partial charge in [0.15, 0.2) is 0 Å². The van der Waals surface area contributed by atoms with Gasteiger partial charge in [-0.3, -0.25) is 19.5 Å². The fourth-order valence-electron chi connectivity index (χ4n) is 3.57. The molecule has 1 aliphatic rings. The third kappa shape index (κ3) is 4.07. The monoisotopic (exact) mass is 414 g/mol. The second-order valence-corrected chi connectivity index (χ2v) is 8.34. The summed E-state index contributed by atoms with van der Waals surface area (Å²) in [6.07, 6.45) is 3.37. The van der Waals surface area contributed by atoms with Crippen LogP contribution in [0.4, 0.5) is 0 Å². The van der Waals surface area contributed by atoms with E-state index in [2.05, 4.69) is 4.98 Å². The van der Waals surface area contributed by atoms with Crippen molar-refractivity contribution >= 4 is 29.1 Å². The number of benzene rings is 2. The summed E-state index contributed by atoms with van der Waals surface area (Å²) >= 11 is 1.43. The lowest BCUT2D eigenvalue weighted by Gasteiger charge is -2.15. The van der Waals surface area contributed by atoms with E-state index in [-0.39, 0.29) is 18.4 Å². The second kappa shape index (κ2) is 8.67. The lowest BCUT2D eigenvalue weighted by Crippen LogP contribution is -2.31. The minimum atomic E-state index is -0.244. The van der Waals surface area contributed by atoms with Gasteiger partial charge in [-0.1, -0.05) is 60.2 Å². The molecule has 0 radical (unpaired) electrons. The van der Waals surface area contributed by atoms with Crippen LogP contribution in [0.2, 0.25) is 0 Å². The van der Waals surface area contributed by atoms with Crippen molar-refractivity contribution in [2.24, 2.45) is 0 Å². The second-order valence-electron chi connectivity index (χ2n) is 7.35. The van der Waals surface area contributed by atoms with E-state index in [1.54, 1.807) is 12.4 Å². The minimum absolute atomic E-state index is 0.218. The third-order valence-corrected chi connectivity index (χ3v) is 6.21. The fourth-order valence-corrected chi connectivity index (χ4v) is 4.65. The predicted molar refractivity (Wildman–Crippen MR) is 120 cm³/mol. The molecule has 0 unspecified atom stereocenters. The maximum atomic E-state index is 13.4. The summed E-state index contributed by atoms with van der Waals surface area (Å²) in [7, 11) is 0.